The highest BCUT2D eigenvalue weighted by Crippen LogP contribution is 2.34. The maximum Gasteiger partial charge on any atom is 0.239 e. The minimum absolute atomic E-state index is 0.413. The molecule has 100 valence electrons. The lowest BCUT2D eigenvalue weighted by Gasteiger charge is -2.16. The van der Waals surface area contributed by atoms with E-state index >= 15 is 0 Å². The Morgan fingerprint density at radius 2 is 2.11 bits per heavy atom. The lowest BCUT2D eigenvalue weighted by atomic mass is 10.1. The van der Waals surface area contributed by atoms with Crippen molar-refractivity contribution < 1.29 is 0 Å². The molecule has 0 spiro atoms. The van der Waals surface area contributed by atoms with Crippen LogP contribution in [0.5, 0.6) is 0 Å². The van der Waals surface area contributed by atoms with Gasteiger partial charge in [0.05, 0.1) is 5.52 Å². The van der Waals surface area contributed by atoms with Crippen LogP contribution in [0.1, 0.15) is 26.2 Å². The summed E-state index contributed by atoms with van der Waals surface area (Å²) in [4.78, 5) is 8.78. The Morgan fingerprint density at radius 1 is 1.32 bits per heavy atom. The molecule has 0 aliphatic heterocycles. The molecule has 0 amide bonds. The largest absolute Gasteiger partial charge is 0.367 e. The van der Waals surface area contributed by atoms with E-state index in [2.05, 4.69) is 27.6 Å². The third-order valence-electron chi connectivity index (χ3n) is 3.50. The van der Waals surface area contributed by atoms with Crippen LogP contribution < -0.4 is 16.6 Å². The van der Waals surface area contributed by atoms with Crippen LogP contribution in [-0.4, -0.2) is 16.0 Å². The normalized spacial score (nSPS) is 16.3. The van der Waals surface area contributed by atoms with Gasteiger partial charge in [-0.25, -0.2) is 10.8 Å². The maximum absolute atomic E-state index is 5.43. The van der Waals surface area contributed by atoms with Gasteiger partial charge in [-0.1, -0.05) is 25.0 Å². The number of benzene rings is 1. The molecule has 0 bridgehead atoms. The van der Waals surface area contributed by atoms with Gasteiger partial charge in [0.25, 0.3) is 0 Å². The Labute approximate surface area is 112 Å². The van der Waals surface area contributed by atoms with Gasteiger partial charge in [-0.3, -0.25) is 5.43 Å². The van der Waals surface area contributed by atoms with Crippen molar-refractivity contribution in [2.24, 2.45) is 11.8 Å². The topological polar surface area (TPSA) is 75.9 Å². The first-order valence-electron chi connectivity index (χ1n) is 6.76. The van der Waals surface area contributed by atoms with Crippen LogP contribution >= 0.6 is 0 Å². The van der Waals surface area contributed by atoms with Gasteiger partial charge in [0.1, 0.15) is 5.82 Å². The third-order valence-corrected chi connectivity index (χ3v) is 3.50. The van der Waals surface area contributed by atoms with E-state index in [0.29, 0.717) is 12.0 Å². The molecule has 1 aliphatic carbocycles. The zero-order chi connectivity index (χ0) is 13.2. The second-order valence-electron chi connectivity index (χ2n) is 5.28. The number of hydrazine groups is 1. The Balaban J connectivity index is 1.90. The van der Waals surface area contributed by atoms with Crippen LogP contribution in [0.15, 0.2) is 24.3 Å². The predicted molar refractivity (Wildman–Crippen MR) is 77.8 cm³/mol. The molecule has 3 rings (SSSR count). The number of nitrogen functional groups attached to an aromatic ring is 1. The second kappa shape index (κ2) is 5.01. The van der Waals surface area contributed by atoms with Crippen LogP contribution in [0.25, 0.3) is 10.9 Å². The molecule has 1 unspecified atom stereocenters. The van der Waals surface area contributed by atoms with Crippen molar-refractivity contribution in [1.82, 2.24) is 9.97 Å². The smallest absolute Gasteiger partial charge is 0.239 e. The molecule has 5 heteroatoms. The van der Waals surface area contributed by atoms with Crippen LogP contribution in [0.2, 0.25) is 0 Å². The highest BCUT2D eigenvalue weighted by atomic mass is 15.3. The maximum atomic E-state index is 5.43. The van der Waals surface area contributed by atoms with E-state index in [-0.39, 0.29) is 0 Å². The molecule has 1 aromatic carbocycles. The molecule has 5 nitrogen and oxygen atoms in total. The minimum atomic E-state index is 0.413. The number of nitrogens with two attached hydrogens (primary N) is 1. The summed E-state index contributed by atoms with van der Waals surface area (Å²) in [5, 5.41) is 4.52. The number of nitrogens with one attached hydrogen (secondary N) is 2. The molecule has 0 radical (unpaired) electrons. The first-order chi connectivity index (χ1) is 9.26. The Hall–Kier alpha value is -1.88. The van der Waals surface area contributed by atoms with Crippen molar-refractivity contribution in [2.75, 3.05) is 10.7 Å². The number of nitrogens with zero attached hydrogens (tertiary/aromatic N) is 2. The van der Waals surface area contributed by atoms with Gasteiger partial charge in [0, 0.05) is 11.4 Å². The van der Waals surface area contributed by atoms with E-state index < -0.39 is 0 Å². The SMILES string of the molecule is CC(CC1CC1)Nc1nc(NN)nc2ccccc12. The molecule has 19 heavy (non-hydrogen) atoms. The zero-order valence-corrected chi connectivity index (χ0v) is 11.1. The molecule has 4 N–H and O–H groups in total. The summed E-state index contributed by atoms with van der Waals surface area (Å²) in [5.41, 5.74) is 3.42. The van der Waals surface area contributed by atoms with E-state index in [4.69, 9.17) is 5.84 Å². The number of rotatable bonds is 5. The standard InChI is InChI=1S/C14H19N5/c1-9(8-10-6-7-10)16-13-11-4-2-3-5-12(11)17-14(18-13)19-15/h2-5,9-10H,6-8,15H2,1H3,(H2,16,17,18,19). The summed E-state index contributed by atoms with van der Waals surface area (Å²) in [7, 11) is 0. The highest BCUT2D eigenvalue weighted by Gasteiger charge is 2.23. The Bertz CT molecular complexity index is 579. The fraction of sp³-hybridized carbons (Fsp3) is 0.429. The number of fused-ring (bicyclic) bond motifs is 1. The Kier molecular flexibility index (Phi) is 3.21. The first kappa shape index (κ1) is 12.2. The molecule has 0 saturated heterocycles. The summed E-state index contributed by atoms with van der Waals surface area (Å²) < 4.78 is 0. The lowest BCUT2D eigenvalue weighted by molar-refractivity contribution is 0.640. The van der Waals surface area contributed by atoms with Crippen molar-refractivity contribution in [1.29, 1.82) is 0 Å². The third kappa shape index (κ3) is 2.76. The molecule has 2 aromatic rings. The van der Waals surface area contributed by atoms with Gasteiger partial charge in [-0.05, 0) is 31.4 Å². The average Bonchev–Trinajstić information content (AvgIpc) is 3.22. The monoisotopic (exact) mass is 257 g/mol. The zero-order valence-electron chi connectivity index (χ0n) is 11.1. The van der Waals surface area contributed by atoms with Gasteiger partial charge >= 0.3 is 0 Å². The molecule has 1 atom stereocenters. The molecule has 1 heterocycles. The van der Waals surface area contributed by atoms with E-state index in [1.54, 1.807) is 0 Å². The predicted octanol–water partition coefficient (Wildman–Crippen LogP) is 2.52. The van der Waals surface area contributed by atoms with E-state index in [1.165, 1.54) is 19.3 Å². The summed E-state index contributed by atoms with van der Waals surface area (Å²) in [6.07, 6.45) is 3.93. The molecular weight excluding hydrogens is 238 g/mol. The van der Waals surface area contributed by atoms with Crippen LogP contribution in [0, 0.1) is 5.92 Å². The molecule has 1 aromatic heterocycles. The molecule has 1 aliphatic rings. The summed E-state index contributed by atoms with van der Waals surface area (Å²) in [6, 6.07) is 8.37. The molecule has 1 saturated carbocycles. The number of para-hydroxylation sites is 1. The Morgan fingerprint density at radius 3 is 2.84 bits per heavy atom. The van der Waals surface area contributed by atoms with Gasteiger partial charge in [-0.2, -0.15) is 4.98 Å². The summed E-state index contributed by atoms with van der Waals surface area (Å²) in [6.45, 7) is 2.20. The van der Waals surface area contributed by atoms with E-state index in [1.807, 2.05) is 24.3 Å². The number of hydrogen-bond acceptors (Lipinski definition) is 5. The summed E-state index contributed by atoms with van der Waals surface area (Å²) in [5.74, 6) is 7.62. The highest BCUT2D eigenvalue weighted by molar-refractivity contribution is 5.90. The van der Waals surface area contributed by atoms with Crippen LogP contribution in [0.3, 0.4) is 0 Å². The summed E-state index contributed by atoms with van der Waals surface area (Å²) >= 11 is 0. The average molecular weight is 257 g/mol. The number of hydrogen-bond donors (Lipinski definition) is 3. The van der Waals surface area contributed by atoms with Gasteiger partial charge < -0.3 is 5.32 Å². The van der Waals surface area contributed by atoms with Gasteiger partial charge in [0.15, 0.2) is 0 Å². The van der Waals surface area contributed by atoms with E-state index in [0.717, 1.165) is 22.6 Å². The van der Waals surface area contributed by atoms with Crippen LogP contribution in [0.4, 0.5) is 11.8 Å². The number of aromatic nitrogens is 2. The first-order valence-corrected chi connectivity index (χ1v) is 6.76. The van der Waals surface area contributed by atoms with Crippen molar-refractivity contribution in [2.45, 2.75) is 32.2 Å². The molecular formula is C14H19N5. The van der Waals surface area contributed by atoms with Crippen molar-refractivity contribution in [3.8, 4) is 0 Å². The van der Waals surface area contributed by atoms with E-state index in [9.17, 15) is 0 Å². The fourth-order valence-electron chi connectivity index (χ4n) is 2.40. The van der Waals surface area contributed by atoms with Crippen molar-refractivity contribution in [3.63, 3.8) is 0 Å². The number of anilines is 2. The van der Waals surface area contributed by atoms with Crippen molar-refractivity contribution >= 4 is 22.7 Å². The van der Waals surface area contributed by atoms with Crippen molar-refractivity contribution in [3.05, 3.63) is 24.3 Å². The minimum Gasteiger partial charge on any atom is -0.367 e. The van der Waals surface area contributed by atoms with Crippen LogP contribution in [-0.2, 0) is 0 Å². The quantitative estimate of drug-likeness (QED) is 0.567. The van der Waals surface area contributed by atoms with Gasteiger partial charge in [-0.15, -0.1) is 0 Å². The fourth-order valence-corrected chi connectivity index (χ4v) is 2.40. The second-order valence-corrected chi connectivity index (χ2v) is 5.28. The lowest BCUT2D eigenvalue weighted by Crippen LogP contribution is -2.18. The molecule has 1 fully saturated rings. The van der Waals surface area contributed by atoms with Gasteiger partial charge in [0.2, 0.25) is 5.95 Å².